The van der Waals surface area contributed by atoms with Gasteiger partial charge in [0.25, 0.3) is 0 Å². The minimum Gasteiger partial charge on any atom is -0.324 e. The lowest BCUT2D eigenvalue weighted by molar-refractivity contribution is 0.583. The van der Waals surface area contributed by atoms with Crippen molar-refractivity contribution in [2.45, 2.75) is 52.6 Å². The van der Waals surface area contributed by atoms with Crippen molar-refractivity contribution in [1.29, 1.82) is 0 Å². The van der Waals surface area contributed by atoms with Crippen LogP contribution in [0.5, 0.6) is 0 Å². The summed E-state index contributed by atoms with van der Waals surface area (Å²) in [5.74, 6) is 0. The van der Waals surface area contributed by atoms with Crippen molar-refractivity contribution < 1.29 is 0 Å². The van der Waals surface area contributed by atoms with Gasteiger partial charge in [-0.05, 0) is 52.9 Å². The molecule has 2 aromatic rings. The van der Waals surface area contributed by atoms with Gasteiger partial charge in [-0.25, -0.2) is 0 Å². The Morgan fingerprint density at radius 3 is 2.67 bits per heavy atom. The van der Waals surface area contributed by atoms with Crippen LogP contribution in [0.15, 0.2) is 22.9 Å². The first-order valence-corrected chi connectivity index (χ1v) is 8.33. The molecule has 2 aromatic heterocycles. The average molecular weight is 351 g/mol. The summed E-state index contributed by atoms with van der Waals surface area (Å²) < 4.78 is 3.16. The van der Waals surface area contributed by atoms with Gasteiger partial charge in [0.1, 0.15) is 0 Å². The van der Waals surface area contributed by atoms with Crippen LogP contribution < -0.4 is 5.73 Å². The van der Waals surface area contributed by atoms with Crippen LogP contribution in [0.25, 0.3) is 0 Å². The number of aromatic nitrogens is 3. The fraction of sp³-hybridized carbons (Fsp3) is 0.500. The van der Waals surface area contributed by atoms with E-state index in [-0.39, 0.29) is 6.04 Å². The molecule has 0 bridgehead atoms. The molecule has 0 amide bonds. The van der Waals surface area contributed by atoms with E-state index in [1.807, 2.05) is 18.5 Å². The predicted octanol–water partition coefficient (Wildman–Crippen LogP) is 3.43. The fourth-order valence-corrected chi connectivity index (χ4v) is 3.35. The van der Waals surface area contributed by atoms with Crippen LogP contribution in [0.1, 0.15) is 49.3 Å². The molecule has 2 N–H and O–H groups in total. The summed E-state index contributed by atoms with van der Waals surface area (Å²) in [6.45, 7) is 7.22. The molecule has 0 aliphatic rings. The molecular weight excluding hydrogens is 328 g/mol. The van der Waals surface area contributed by atoms with Crippen molar-refractivity contribution in [3.63, 3.8) is 0 Å². The molecule has 21 heavy (non-hydrogen) atoms. The molecule has 2 heterocycles. The van der Waals surface area contributed by atoms with Gasteiger partial charge in [-0.1, -0.05) is 13.8 Å². The summed E-state index contributed by atoms with van der Waals surface area (Å²) >= 11 is 3.69. The van der Waals surface area contributed by atoms with Gasteiger partial charge in [0, 0.05) is 31.4 Å². The second kappa shape index (κ2) is 7.18. The maximum atomic E-state index is 6.46. The van der Waals surface area contributed by atoms with Crippen LogP contribution in [0.2, 0.25) is 0 Å². The predicted molar refractivity (Wildman–Crippen MR) is 89.2 cm³/mol. The highest BCUT2D eigenvalue weighted by Gasteiger charge is 2.18. The Hall–Kier alpha value is -1.20. The van der Waals surface area contributed by atoms with E-state index >= 15 is 0 Å². The van der Waals surface area contributed by atoms with Crippen molar-refractivity contribution in [1.82, 2.24) is 14.8 Å². The van der Waals surface area contributed by atoms with Crippen LogP contribution in [0.4, 0.5) is 0 Å². The molecule has 1 atom stereocenters. The van der Waals surface area contributed by atoms with Crippen LogP contribution >= 0.6 is 15.9 Å². The van der Waals surface area contributed by atoms with E-state index in [0.717, 1.165) is 36.0 Å². The summed E-state index contributed by atoms with van der Waals surface area (Å²) in [6.07, 6.45) is 6.38. The summed E-state index contributed by atoms with van der Waals surface area (Å²) in [5.41, 5.74) is 11.1. The molecule has 1 unspecified atom stereocenters. The zero-order chi connectivity index (χ0) is 15.4. The van der Waals surface area contributed by atoms with Gasteiger partial charge in [0.05, 0.1) is 15.9 Å². The second-order valence-corrected chi connectivity index (χ2v) is 5.91. The quantitative estimate of drug-likeness (QED) is 0.868. The zero-order valence-corrected chi connectivity index (χ0v) is 14.5. The molecule has 2 rings (SSSR count). The minimum atomic E-state index is -0.0362. The Kier molecular flexibility index (Phi) is 5.53. The highest BCUT2D eigenvalue weighted by Crippen LogP contribution is 2.27. The standard InChI is InChI=1S/C16H23BrN4/c1-4-11-10-19-8-7-12(11)13(18)9-15-16(17)14(5-2)20-21(15)6-3/h7-8,10,13H,4-6,9,18H2,1-3H3. The van der Waals surface area contributed by atoms with E-state index in [0.29, 0.717) is 0 Å². The van der Waals surface area contributed by atoms with Gasteiger partial charge in [-0.3, -0.25) is 9.67 Å². The van der Waals surface area contributed by atoms with Gasteiger partial charge in [0.2, 0.25) is 0 Å². The largest absolute Gasteiger partial charge is 0.324 e. The van der Waals surface area contributed by atoms with Crippen LogP contribution in [-0.4, -0.2) is 14.8 Å². The summed E-state index contributed by atoms with van der Waals surface area (Å²) in [5, 5.41) is 4.64. The molecule has 0 aliphatic carbocycles. The second-order valence-electron chi connectivity index (χ2n) is 5.12. The van der Waals surface area contributed by atoms with E-state index in [1.54, 1.807) is 0 Å². The Morgan fingerprint density at radius 2 is 2.05 bits per heavy atom. The number of pyridine rings is 1. The number of nitrogens with two attached hydrogens (primary N) is 1. The summed E-state index contributed by atoms with van der Waals surface area (Å²) in [6, 6.07) is 2.00. The number of nitrogens with zero attached hydrogens (tertiary/aromatic N) is 3. The van der Waals surface area contributed by atoms with Crippen molar-refractivity contribution >= 4 is 15.9 Å². The molecule has 0 spiro atoms. The van der Waals surface area contributed by atoms with Gasteiger partial charge in [-0.15, -0.1) is 0 Å². The molecule has 0 aromatic carbocycles. The summed E-state index contributed by atoms with van der Waals surface area (Å²) in [7, 11) is 0. The van der Waals surface area contributed by atoms with E-state index in [2.05, 4.69) is 51.5 Å². The summed E-state index contributed by atoms with van der Waals surface area (Å²) in [4.78, 5) is 4.19. The molecule has 0 fully saturated rings. The SMILES string of the molecule is CCc1cnccc1C(N)Cc1c(Br)c(CC)nn1CC. The van der Waals surface area contributed by atoms with E-state index in [1.165, 1.54) is 16.8 Å². The molecule has 4 nitrogen and oxygen atoms in total. The molecule has 0 saturated carbocycles. The molecule has 0 saturated heterocycles. The third-order valence-electron chi connectivity index (χ3n) is 3.83. The third kappa shape index (κ3) is 3.35. The Labute approximate surface area is 134 Å². The van der Waals surface area contributed by atoms with E-state index in [9.17, 15) is 0 Å². The third-order valence-corrected chi connectivity index (χ3v) is 4.74. The molecule has 5 heteroatoms. The number of aryl methyl sites for hydroxylation is 3. The Balaban J connectivity index is 2.31. The topological polar surface area (TPSA) is 56.7 Å². The smallest absolute Gasteiger partial charge is 0.0766 e. The number of rotatable bonds is 6. The number of halogens is 1. The highest BCUT2D eigenvalue weighted by molar-refractivity contribution is 9.10. The van der Waals surface area contributed by atoms with Crippen molar-refractivity contribution in [3.05, 3.63) is 45.4 Å². The minimum absolute atomic E-state index is 0.0362. The Morgan fingerprint density at radius 1 is 1.29 bits per heavy atom. The first-order valence-electron chi connectivity index (χ1n) is 7.54. The Bertz CT molecular complexity index is 606. The molecule has 114 valence electrons. The lowest BCUT2D eigenvalue weighted by Crippen LogP contribution is -2.18. The lowest BCUT2D eigenvalue weighted by atomic mass is 9.98. The first kappa shape index (κ1) is 16.2. The van der Waals surface area contributed by atoms with Crippen LogP contribution in [0.3, 0.4) is 0 Å². The van der Waals surface area contributed by atoms with Crippen LogP contribution in [-0.2, 0) is 25.8 Å². The molecule has 0 radical (unpaired) electrons. The normalized spacial score (nSPS) is 12.6. The molecular formula is C16H23BrN4. The number of hydrogen-bond donors (Lipinski definition) is 1. The van der Waals surface area contributed by atoms with Crippen LogP contribution in [0, 0.1) is 0 Å². The fourth-order valence-electron chi connectivity index (χ4n) is 2.63. The monoisotopic (exact) mass is 350 g/mol. The highest BCUT2D eigenvalue weighted by atomic mass is 79.9. The van der Waals surface area contributed by atoms with Crippen molar-refractivity contribution in [3.8, 4) is 0 Å². The first-order chi connectivity index (χ1) is 10.1. The van der Waals surface area contributed by atoms with Gasteiger partial charge < -0.3 is 5.73 Å². The van der Waals surface area contributed by atoms with Crippen molar-refractivity contribution in [2.24, 2.45) is 5.73 Å². The van der Waals surface area contributed by atoms with Gasteiger partial charge in [0.15, 0.2) is 0 Å². The lowest BCUT2D eigenvalue weighted by Gasteiger charge is -2.16. The number of hydrogen-bond acceptors (Lipinski definition) is 3. The van der Waals surface area contributed by atoms with Crippen molar-refractivity contribution in [2.75, 3.05) is 0 Å². The maximum absolute atomic E-state index is 6.46. The van der Waals surface area contributed by atoms with E-state index in [4.69, 9.17) is 5.73 Å². The zero-order valence-electron chi connectivity index (χ0n) is 12.9. The average Bonchev–Trinajstić information content (AvgIpc) is 2.83. The molecule has 0 aliphatic heterocycles. The van der Waals surface area contributed by atoms with Gasteiger partial charge >= 0.3 is 0 Å². The van der Waals surface area contributed by atoms with E-state index < -0.39 is 0 Å². The van der Waals surface area contributed by atoms with Gasteiger partial charge in [-0.2, -0.15) is 5.10 Å². The maximum Gasteiger partial charge on any atom is 0.0766 e.